The van der Waals surface area contributed by atoms with E-state index >= 15 is 0 Å². The number of halogens is 1. The molecule has 1 aromatic carbocycles. The quantitative estimate of drug-likeness (QED) is 0.518. The third kappa shape index (κ3) is 6.14. The van der Waals surface area contributed by atoms with E-state index in [0.29, 0.717) is 45.1 Å². The molecule has 2 rings (SSSR count). The number of hydrogen-bond acceptors (Lipinski definition) is 4. The summed E-state index contributed by atoms with van der Waals surface area (Å²) in [4.78, 5) is 4.42. The number of guanidine groups is 1. The lowest BCUT2D eigenvalue weighted by Crippen LogP contribution is -2.42. The Balaban J connectivity index is 1.82. The van der Waals surface area contributed by atoms with Crippen LogP contribution in [-0.2, 0) is 10.0 Å². The van der Waals surface area contributed by atoms with Crippen molar-refractivity contribution < 1.29 is 17.5 Å². The molecular weight excluding hydrogens is 359 g/mol. The number of sulfonamides is 1. The van der Waals surface area contributed by atoms with Gasteiger partial charge >= 0.3 is 0 Å². The average Bonchev–Trinajstić information content (AvgIpc) is 2.93. The molecule has 9 heteroatoms. The highest BCUT2D eigenvalue weighted by Crippen LogP contribution is 2.17. The van der Waals surface area contributed by atoms with Gasteiger partial charge in [-0.2, -0.15) is 0 Å². The molecule has 1 fully saturated rings. The van der Waals surface area contributed by atoms with Gasteiger partial charge in [-0.05, 0) is 32.4 Å². The minimum Gasteiger partial charge on any atom is -0.486 e. The monoisotopic (exact) mass is 386 g/mol. The van der Waals surface area contributed by atoms with Crippen LogP contribution < -0.4 is 15.4 Å². The first-order chi connectivity index (χ1) is 12.4. The van der Waals surface area contributed by atoms with Crippen molar-refractivity contribution in [1.29, 1.82) is 0 Å². The highest BCUT2D eigenvalue weighted by molar-refractivity contribution is 7.89. The first-order valence-electron chi connectivity index (χ1n) is 8.83. The van der Waals surface area contributed by atoms with Gasteiger partial charge in [-0.25, -0.2) is 22.1 Å². The number of hydrogen-bond donors (Lipinski definition) is 2. The molecule has 0 bridgehead atoms. The van der Waals surface area contributed by atoms with Crippen molar-refractivity contribution in [2.75, 3.05) is 38.5 Å². The zero-order valence-electron chi connectivity index (χ0n) is 15.2. The van der Waals surface area contributed by atoms with Gasteiger partial charge in [0.15, 0.2) is 17.5 Å². The van der Waals surface area contributed by atoms with Gasteiger partial charge in [0.05, 0.1) is 12.3 Å². The highest BCUT2D eigenvalue weighted by Gasteiger charge is 2.27. The lowest BCUT2D eigenvalue weighted by atomic mass is 10.3. The van der Waals surface area contributed by atoms with Crippen LogP contribution in [0.25, 0.3) is 0 Å². The van der Waals surface area contributed by atoms with Crippen LogP contribution in [0.2, 0.25) is 0 Å². The smallest absolute Gasteiger partial charge is 0.214 e. The van der Waals surface area contributed by atoms with Crippen molar-refractivity contribution >= 4 is 16.0 Å². The Morgan fingerprint density at radius 1 is 1.38 bits per heavy atom. The van der Waals surface area contributed by atoms with Gasteiger partial charge in [0.25, 0.3) is 0 Å². The van der Waals surface area contributed by atoms with Crippen LogP contribution in [0.4, 0.5) is 4.39 Å². The third-order valence-electron chi connectivity index (χ3n) is 3.87. The molecule has 0 saturated carbocycles. The lowest BCUT2D eigenvalue weighted by Gasteiger charge is -2.17. The molecule has 1 heterocycles. The summed E-state index contributed by atoms with van der Waals surface area (Å²) in [5.41, 5.74) is 0. The molecule has 1 unspecified atom stereocenters. The largest absolute Gasteiger partial charge is 0.486 e. The summed E-state index contributed by atoms with van der Waals surface area (Å²) in [6.07, 6.45) is 0.378. The van der Waals surface area contributed by atoms with Crippen LogP contribution in [0.1, 0.15) is 20.3 Å². The summed E-state index contributed by atoms with van der Waals surface area (Å²) >= 11 is 0. The maximum atomic E-state index is 13.6. The Hall–Kier alpha value is -1.87. The predicted molar refractivity (Wildman–Crippen MR) is 100 cm³/mol. The molecule has 0 aliphatic carbocycles. The standard InChI is InChI=1S/C17H27FN4O3S/c1-3-19-17(20-9-11-22-10-6-12-26(22,23)24)21-13-14(2)25-16-8-5-4-7-15(16)18/h4-5,7-8,14H,3,6,9-13H2,1-2H3,(H2,19,20,21). The maximum Gasteiger partial charge on any atom is 0.214 e. The number of ether oxygens (including phenoxy) is 1. The summed E-state index contributed by atoms with van der Waals surface area (Å²) < 4.78 is 44.2. The van der Waals surface area contributed by atoms with E-state index in [1.807, 2.05) is 13.8 Å². The van der Waals surface area contributed by atoms with Crippen LogP contribution in [0.15, 0.2) is 29.3 Å². The first-order valence-corrected chi connectivity index (χ1v) is 10.4. The van der Waals surface area contributed by atoms with Crippen molar-refractivity contribution in [3.63, 3.8) is 0 Å². The molecule has 1 aliphatic heterocycles. The minimum absolute atomic E-state index is 0.201. The summed E-state index contributed by atoms with van der Waals surface area (Å²) in [5.74, 6) is 0.604. The molecule has 26 heavy (non-hydrogen) atoms. The van der Waals surface area contributed by atoms with Crippen molar-refractivity contribution in [2.45, 2.75) is 26.4 Å². The number of benzene rings is 1. The Bertz CT molecular complexity index is 712. The van der Waals surface area contributed by atoms with Crippen LogP contribution >= 0.6 is 0 Å². The molecule has 0 radical (unpaired) electrons. The van der Waals surface area contributed by atoms with Crippen molar-refractivity contribution in [1.82, 2.24) is 14.9 Å². The number of aliphatic imine (C=N–C) groups is 1. The van der Waals surface area contributed by atoms with Crippen molar-refractivity contribution in [3.05, 3.63) is 30.1 Å². The first kappa shape index (κ1) is 20.4. The fourth-order valence-corrected chi connectivity index (χ4v) is 4.13. The van der Waals surface area contributed by atoms with Gasteiger partial charge in [0.1, 0.15) is 6.10 Å². The average molecular weight is 386 g/mol. The molecule has 1 aliphatic rings. The number of para-hydroxylation sites is 1. The molecule has 0 amide bonds. The summed E-state index contributed by atoms with van der Waals surface area (Å²) in [7, 11) is -3.08. The van der Waals surface area contributed by atoms with E-state index in [-0.39, 0.29) is 17.6 Å². The topological polar surface area (TPSA) is 83.0 Å². The van der Waals surface area contributed by atoms with Gasteiger partial charge < -0.3 is 15.4 Å². The second kappa shape index (κ2) is 9.72. The van der Waals surface area contributed by atoms with Crippen molar-refractivity contribution in [2.24, 2.45) is 4.99 Å². The number of nitrogens with zero attached hydrogens (tertiary/aromatic N) is 2. The van der Waals surface area contributed by atoms with E-state index in [9.17, 15) is 12.8 Å². The number of rotatable bonds is 8. The molecule has 1 saturated heterocycles. The van der Waals surface area contributed by atoms with Gasteiger partial charge in [-0.1, -0.05) is 12.1 Å². The van der Waals surface area contributed by atoms with E-state index in [0.717, 1.165) is 0 Å². The van der Waals surface area contributed by atoms with Crippen LogP contribution in [-0.4, -0.2) is 63.3 Å². The number of nitrogens with one attached hydrogen (secondary N) is 2. The molecule has 146 valence electrons. The Labute approximate surface area is 154 Å². The molecule has 1 atom stereocenters. The molecule has 1 aromatic rings. The SMILES string of the molecule is CCNC(=NCC(C)Oc1ccccc1F)NCCN1CCCS1(=O)=O. The minimum atomic E-state index is -3.08. The van der Waals surface area contributed by atoms with E-state index in [4.69, 9.17) is 4.74 Å². The normalized spacial score (nSPS) is 18.5. The Kier molecular flexibility index (Phi) is 7.65. The third-order valence-corrected chi connectivity index (χ3v) is 5.83. The molecule has 0 aromatic heterocycles. The second-order valence-electron chi connectivity index (χ2n) is 6.07. The maximum absolute atomic E-state index is 13.6. The van der Waals surface area contributed by atoms with Gasteiger partial charge in [0.2, 0.25) is 10.0 Å². The molecule has 7 nitrogen and oxygen atoms in total. The summed E-state index contributed by atoms with van der Waals surface area (Å²) in [6, 6.07) is 6.25. The van der Waals surface area contributed by atoms with Crippen LogP contribution in [0, 0.1) is 5.82 Å². The fourth-order valence-electron chi connectivity index (χ4n) is 2.60. The van der Waals surface area contributed by atoms with E-state index in [2.05, 4.69) is 15.6 Å². The zero-order chi connectivity index (χ0) is 19.0. The van der Waals surface area contributed by atoms with Crippen LogP contribution in [0.3, 0.4) is 0 Å². The van der Waals surface area contributed by atoms with Crippen LogP contribution in [0.5, 0.6) is 5.75 Å². The Morgan fingerprint density at radius 3 is 2.81 bits per heavy atom. The van der Waals surface area contributed by atoms with E-state index in [1.165, 1.54) is 10.4 Å². The predicted octanol–water partition coefficient (Wildman–Crippen LogP) is 1.18. The van der Waals surface area contributed by atoms with Crippen molar-refractivity contribution in [3.8, 4) is 5.75 Å². The van der Waals surface area contributed by atoms with E-state index in [1.54, 1.807) is 18.2 Å². The molecular formula is C17H27FN4O3S. The van der Waals surface area contributed by atoms with E-state index < -0.39 is 15.8 Å². The zero-order valence-corrected chi connectivity index (χ0v) is 16.1. The summed E-state index contributed by atoms with van der Waals surface area (Å²) in [6.45, 7) is 6.23. The fraction of sp³-hybridized carbons (Fsp3) is 0.588. The molecule has 2 N–H and O–H groups in total. The summed E-state index contributed by atoms with van der Waals surface area (Å²) in [5, 5.41) is 6.22. The highest BCUT2D eigenvalue weighted by atomic mass is 32.2. The van der Waals surface area contributed by atoms with Gasteiger partial charge in [-0.15, -0.1) is 0 Å². The van der Waals surface area contributed by atoms with Gasteiger partial charge in [-0.3, -0.25) is 0 Å². The lowest BCUT2D eigenvalue weighted by molar-refractivity contribution is 0.220. The molecule has 0 spiro atoms. The second-order valence-corrected chi connectivity index (χ2v) is 8.16. The Morgan fingerprint density at radius 2 is 2.15 bits per heavy atom. The van der Waals surface area contributed by atoms with Gasteiger partial charge in [0, 0.05) is 26.2 Å².